The zero-order valence-electron chi connectivity index (χ0n) is 9.55. The summed E-state index contributed by atoms with van der Waals surface area (Å²) in [5.74, 6) is 0.900. The molecule has 0 bridgehead atoms. The van der Waals surface area contributed by atoms with Crippen molar-refractivity contribution < 1.29 is 13.7 Å². The van der Waals surface area contributed by atoms with E-state index in [4.69, 9.17) is 14.7 Å². The van der Waals surface area contributed by atoms with Crippen LogP contribution in [0.2, 0.25) is 0 Å². The summed E-state index contributed by atoms with van der Waals surface area (Å²) < 4.78 is 10.3. The van der Waals surface area contributed by atoms with Gasteiger partial charge < -0.3 is 20.0 Å². The van der Waals surface area contributed by atoms with Crippen molar-refractivity contribution in [3.8, 4) is 11.7 Å². The lowest BCUT2D eigenvalue weighted by molar-refractivity contribution is 0.0937. The molecule has 0 aromatic carbocycles. The fraction of sp³-hybridized carbons (Fsp3) is 0.364. The van der Waals surface area contributed by atoms with Crippen LogP contribution in [-0.2, 0) is 6.54 Å². The SMILES string of the molecule is NCc1ccc(-c2nc(C(=O)NC3CC3)no2)o1. The van der Waals surface area contributed by atoms with Crippen molar-refractivity contribution in [1.82, 2.24) is 15.5 Å². The Morgan fingerprint density at radius 1 is 1.50 bits per heavy atom. The van der Waals surface area contributed by atoms with Crippen LogP contribution in [0.4, 0.5) is 0 Å². The van der Waals surface area contributed by atoms with Crippen LogP contribution in [0.15, 0.2) is 21.1 Å². The summed E-state index contributed by atoms with van der Waals surface area (Å²) in [7, 11) is 0. The van der Waals surface area contributed by atoms with Gasteiger partial charge in [-0.1, -0.05) is 5.16 Å². The predicted octanol–water partition coefficient (Wildman–Crippen LogP) is 0.680. The van der Waals surface area contributed by atoms with Gasteiger partial charge in [-0.2, -0.15) is 4.98 Å². The van der Waals surface area contributed by atoms with E-state index in [0.717, 1.165) is 12.8 Å². The van der Waals surface area contributed by atoms with E-state index >= 15 is 0 Å². The van der Waals surface area contributed by atoms with E-state index in [2.05, 4.69) is 15.5 Å². The quantitative estimate of drug-likeness (QED) is 0.823. The maximum absolute atomic E-state index is 11.7. The minimum absolute atomic E-state index is 0.0163. The molecule has 1 fully saturated rings. The number of amides is 1. The van der Waals surface area contributed by atoms with Gasteiger partial charge in [-0.25, -0.2) is 0 Å². The molecule has 7 heteroatoms. The van der Waals surface area contributed by atoms with Gasteiger partial charge in [-0.15, -0.1) is 0 Å². The number of furan rings is 1. The Hall–Kier alpha value is -2.15. The lowest BCUT2D eigenvalue weighted by Gasteiger charge is -1.95. The Bertz CT molecular complexity index is 570. The van der Waals surface area contributed by atoms with Crippen LogP contribution in [-0.4, -0.2) is 22.1 Å². The van der Waals surface area contributed by atoms with Crippen LogP contribution < -0.4 is 11.1 Å². The molecule has 1 aliphatic rings. The highest BCUT2D eigenvalue weighted by atomic mass is 16.5. The molecule has 0 spiro atoms. The summed E-state index contributed by atoms with van der Waals surface area (Å²) in [6.07, 6.45) is 2.02. The Labute approximate surface area is 102 Å². The lowest BCUT2D eigenvalue weighted by Crippen LogP contribution is -2.26. The van der Waals surface area contributed by atoms with Crippen molar-refractivity contribution in [2.45, 2.75) is 25.4 Å². The standard InChI is InChI=1S/C11H12N4O3/c12-5-7-3-4-8(17-7)11-14-9(15-18-11)10(16)13-6-1-2-6/h3-4,6H,1-2,5,12H2,(H,13,16). The molecule has 0 unspecified atom stereocenters. The van der Waals surface area contributed by atoms with Gasteiger partial charge in [0.1, 0.15) is 5.76 Å². The van der Waals surface area contributed by atoms with Crippen LogP contribution in [0.3, 0.4) is 0 Å². The van der Waals surface area contributed by atoms with Crippen molar-refractivity contribution in [1.29, 1.82) is 0 Å². The van der Waals surface area contributed by atoms with Crippen LogP contribution in [0, 0.1) is 0 Å². The maximum atomic E-state index is 11.7. The van der Waals surface area contributed by atoms with E-state index in [-0.39, 0.29) is 23.7 Å². The van der Waals surface area contributed by atoms with Gasteiger partial charge in [-0.05, 0) is 25.0 Å². The van der Waals surface area contributed by atoms with Gasteiger partial charge in [-0.3, -0.25) is 4.79 Å². The highest BCUT2D eigenvalue weighted by Gasteiger charge is 2.26. The molecule has 0 radical (unpaired) electrons. The van der Waals surface area contributed by atoms with Crippen molar-refractivity contribution in [3.63, 3.8) is 0 Å². The molecule has 0 atom stereocenters. The third kappa shape index (κ3) is 2.12. The normalized spacial score (nSPS) is 14.7. The van der Waals surface area contributed by atoms with Crippen molar-refractivity contribution in [2.75, 3.05) is 0 Å². The molecule has 3 N–H and O–H groups in total. The lowest BCUT2D eigenvalue weighted by atomic mass is 10.4. The molecular formula is C11H12N4O3. The minimum atomic E-state index is -0.321. The molecule has 2 heterocycles. The number of nitrogens with two attached hydrogens (primary N) is 1. The molecule has 0 saturated heterocycles. The Morgan fingerprint density at radius 2 is 2.33 bits per heavy atom. The average Bonchev–Trinajstić information content (AvgIpc) is 2.91. The summed E-state index contributed by atoms with van der Waals surface area (Å²) in [5.41, 5.74) is 5.43. The second-order valence-corrected chi connectivity index (χ2v) is 4.14. The number of nitrogens with zero attached hydrogens (tertiary/aromatic N) is 2. The molecule has 1 saturated carbocycles. The monoisotopic (exact) mass is 248 g/mol. The Kier molecular flexibility index (Phi) is 2.60. The molecule has 1 aliphatic carbocycles. The van der Waals surface area contributed by atoms with E-state index in [1.807, 2.05) is 0 Å². The Morgan fingerprint density at radius 3 is 3.00 bits per heavy atom. The van der Waals surface area contributed by atoms with Gasteiger partial charge in [0.25, 0.3) is 17.6 Å². The summed E-state index contributed by atoms with van der Waals surface area (Å²) in [4.78, 5) is 15.6. The van der Waals surface area contributed by atoms with Gasteiger partial charge >= 0.3 is 0 Å². The molecule has 7 nitrogen and oxygen atoms in total. The van der Waals surface area contributed by atoms with Crippen LogP contribution in [0.1, 0.15) is 29.2 Å². The second kappa shape index (κ2) is 4.26. The number of carbonyl (C=O) groups excluding carboxylic acids is 1. The number of rotatable bonds is 4. The largest absolute Gasteiger partial charge is 0.455 e. The molecular weight excluding hydrogens is 236 g/mol. The summed E-state index contributed by atoms with van der Waals surface area (Å²) in [6.45, 7) is 0.295. The first-order valence-electron chi connectivity index (χ1n) is 5.70. The van der Waals surface area contributed by atoms with E-state index in [1.54, 1.807) is 12.1 Å². The fourth-order valence-electron chi connectivity index (χ4n) is 1.50. The molecule has 2 aromatic heterocycles. The first kappa shape index (κ1) is 11.0. The van der Waals surface area contributed by atoms with Gasteiger partial charge in [0.05, 0.1) is 6.54 Å². The molecule has 18 heavy (non-hydrogen) atoms. The topological polar surface area (TPSA) is 107 Å². The van der Waals surface area contributed by atoms with E-state index in [1.165, 1.54) is 0 Å². The van der Waals surface area contributed by atoms with Crippen molar-refractivity contribution in [3.05, 3.63) is 23.7 Å². The van der Waals surface area contributed by atoms with E-state index in [9.17, 15) is 4.79 Å². The first-order valence-corrected chi connectivity index (χ1v) is 5.70. The summed E-state index contributed by atoms with van der Waals surface area (Å²) >= 11 is 0. The maximum Gasteiger partial charge on any atom is 0.294 e. The smallest absolute Gasteiger partial charge is 0.294 e. The molecule has 2 aromatic rings. The number of aromatic nitrogens is 2. The summed E-state index contributed by atoms with van der Waals surface area (Å²) in [5, 5.41) is 6.40. The third-order valence-corrected chi connectivity index (χ3v) is 2.62. The minimum Gasteiger partial charge on any atom is -0.455 e. The fourth-order valence-corrected chi connectivity index (χ4v) is 1.50. The van der Waals surface area contributed by atoms with Crippen LogP contribution in [0.25, 0.3) is 11.7 Å². The van der Waals surface area contributed by atoms with Crippen LogP contribution in [0.5, 0.6) is 0 Å². The number of hydrogen-bond donors (Lipinski definition) is 2. The van der Waals surface area contributed by atoms with E-state index in [0.29, 0.717) is 18.1 Å². The Balaban J connectivity index is 1.77. The molecule has 1 amide bonds. The van der Waals surface area contributed by atoms with Crippen molar-refractivity contribution in [2.24, 2.45) is 5.73 Å². The predicted molar refractivity (Wildman–Crippen MR) is 60.4 cm³/mol. The highest BCUT2D eigenvalue weighted by molar-refractivity contribution is 5.90. The highest BCUT2D eigenvalue weighted by Crippen LogP contribution is 2.21. The van der Waals surface area contributed by atoms with Gasteiger partial charge in [0, 0.05) is 6.04 Å². The van der Waals surface area contributed by atoms with Gasteiger partial charge in [0.15, 0.2) is 5.76 Å². The first-order chi connectivity index (χ1) is 8.76. The second-order valence-electron chi connectivity index (χ2n) is 4.14. The molecule has 0 aliphatic heterocycles. The molecule has 3 rings (SSSR count). The van der Waals surface area contributed by atoms with E-state index < -0.39 is 0 Å². The van der Waals surface area contributed by atoms with Gasteiger partial charge in [0.2, 0.25) is 0 Å². The average molecular weight is 248 g/mol. The molecule has 94 valence electrons. The zero-order valence-corrected chi connectivity index (χ0v) is 9.55. The number of hydrogen-bond acceptors (Lipinski definition) is 6. The number of nitrogens with one attached hydrogen (secondary N) is 1. The van der Waals surface area contributed by atoms with Crippen LogP contribution >= 0.6 is 0 Å². The summed E-state index contributed by atoms with van der Waals surface area (Å²) in [6, 6.07) is 3.66. The van der Waals surface area contributed by atoms with Crippen molar-refractivity contribution >= 4 is 5.91 Å². The third-order valence-electron chi connectivity index (χ3n) is 2.62. The number of carbonyl (C=O) groups is 1. The zero-order chi connectivity index (χ0) is 12.5.